The largest absolute Gasteiger partial charge is 0.383 e. The molecule has 9 heteroatoms. The summed E-state index contributed by atoms with van der Waals surface area (Å²) in [6, 6.07) is 4.61. The number of aromatic nitrogens is 1. The standard InChI is InChI=1S/C12H14N4O4S/c1-8-6-9-10(7-15-8)12(16(17)18)3-2-11(9)14-4-5-21(13,19)20/h2-3,6-7,14H,4-5H2,1H3,(H2,13,19,20). The van der Waals surface area contributed by atoms with Gasteiger partial charge in [-0.3, -0.25) is 15.1 Å². The summed E-state index contributed by atoms with van der Waals surface area (Å²) in [6.45, 7) is 1.89. The molecule has 0 aliphatic carbocycles. The van der Waals surface area contributed by atoms with Crippen LogP contribution in [0.3, 0.4) is 0 Å². The third-order valence-corrected chi connectivity index (χ3v) is 3.69. The van der Waals surface area contributed by atoms with Crippen molar-refractivity contribution < 1.29 is 13.3 Å². The molecule has 1 heterocycles. The molecule has 0 aliphatic rings. The summed E-state index contributed by atoms with van der Waals surface area (Å²) in [7, 11) is -3.56. The Bertz CT molecular complexity index is 804. The highest BCUT2D eigenvalue weighted by molar-refractivity contribution is 7.89. The molecule has 0 spiro atoms. The van der Waals surface area contributed by atoms with Gasteiger partial charge in [0.2, 0.25) is 10.0 Å². The predicted molar refractivity (Wildman–Crippen MR) is 79.6 cm³/mol. The van der Waals surface area contributed by atoms with E-state index in [4.69, 9.17) is 5.14 Å². The van der Waals surface area contributed by atoms with E-state index < -0.39 is 14.9 Å². The Labute approximate surface area is 121 Å². The highest BCUT2D eigenvalue weighted by Crippen LogP contribution is 2.31. The lowest BCUT2D eigenvalue weighted by atomic mass is 10.1. The van der Waals surface area contributed by atoms with E-state index in [1.54, 1.807) is 19.1 Å². The zero-order valence-electron chi connectivity index (χ0n) is 11.2. The number of anilines is 1. The van der Waals surface area contributed by atoms with Gasteiger partial charge >= 0.3 is 0 Å². The summed E-state index contributed by atoms with van der Waals surface area (Å²) in [5, 5.41) is 19.9. The molecule has 1 aromatic heterocycles. The van der Waals surface area contributed by atoms with Crippen molar-refractivity contribution in [3.63, 3.8) is 0 Å². The Morgan fingerprint density at radius 1 is 1.38 bits per heavy atom. The van der Waals surface area contributed by atoms with Crippen LogP contribution in [0.25, 0.3) is 10.8 Å². The maximum atomic E-state index is 11.0. The smallest absolute Gasteiger partial charge is 0.278 e. The number of pyridine rings is 1. The molecule has 0 atom stereocenters. The highest BCUT2D eigenvalue weighted by Gasteiger charge is 2.15. The Kier molecular flexibility index (Phi) is 4.05. The summed E-state index contributed by atoms with van der Waals surface area (Å²) >= 11 is 0. The summed E-state index contributed by atoms with van der Waals surface area (Å²) in [5.41, 5.74) is 1.26. The predicted octanol–water partition coefficient (Wildman–Crippen LogP) is 1.15. The van der Waals surface area contributed by atoms with Gasteiger partial charge in [0.05, 0.1) is 16.1 Å². The first-order chi connectivity index (χ1) is 9.78. The van der Waals surface area contributed by atoms with Crippen LogP contribution in [0.2, 0.25) is 0 Å². The van der Waals surface area contributed by atoms with Crippen molar-refractivity contribution in [2.75, 3.05) is 17.6 Å². The van der Waals surface area contributed by atoms with Crippen LogP contribution in [0.1, 0.15) is 5.69 Å². The van der Waals surface area contributed by atoms with Crippen LogP contribution in [-0.2, 0) is 10.0 Å². The number of nitro benzene ring substituents is 1. The molecule has 1 aromatic carbocycles. The molecule has 3 N–H and O–H groups in total. The van der Waals surface area contributed by atoms with E-state index in [2.05, 4.69) is 10.3 Å². The fourth-order valence-electron chi connectivity index (χ4n) is 1.97. The van der Waals surface area contributed by atoms with E-state index in [1.165, 1.54) is 12.3 Å². The molecular weight excluding hydrogens is 296 g/mol. The maximum Gasteiger partial charge on any atom is 0.278 e. The molecule has 2 aromatic rings. The SMILES string of the molecule is Cc1cc2c(NCCS(N)(=O)=O)ccc([N+](=O)[O-])c2cn1. The van der Waals surface area contributed by atoms with Crippen LogP contribution >= 0.6 is 0 Å². The Morgan fingerprint density at radius 3 is 2.71 bits per heavy atom. The van der Waals surface area contributed by atoms with E-state index in [-0.39, 0.29) is 18.0 Å². The van der Waals surface area contributed by atoms with Crippen LogP contribution in [0.5, 0.6) is 0 Å². The lowest BCUT2D eigenvalue weighted by Gasteiger charge is -2.10. The van der Waals surface area contributed by atoms with Gasteiger partial charge in [-0.25, -0.2) is 13.6 Å². The van der Waals surface area contributed by atoms with Crippen LogP contribution in [-0.4, -0.2) is 30.6 Å². The minimum Gasteiger partial charge on any atom is -0.383 e. The molecule has 21 heavy (non-hydrogen) atoms. The van der Waals surface area contributed by atoms with Gasteiger partial charge in [0.15, 0.2) is 0 Å². The molecular formula is C12H14N4O4S. The van der Waals surface area contributed by atoms with Crippen molar-refractivity contribution in [3.8, 4) is 0 Å². The number of nitrogens with one attached hydrogen (secondary N) is 1. The van der Waals surface area contributed by atoms with Gasteiger partial charge < -0.3 is 5.32 Å². The van der Waals surface area contributed by atoms with Crippen molar-refractivity contribution >= 4 is 32.2 Å². The average Bonchev–Trinajstić information content (AvgIpc) is 2.37. The number of nitrogens with zero attached hydrogens (tertiary/aromatic N) is 2. The minimum absolute atomic E-state index is 0.0468. The van der Waals surface area contributed by atoms with Gasteiger partial charge in [0.25, 0.3) is 5.69 Å². The van der Waals surface area contributed by atoms with Gasteiger partial charge in [-0.15, -0.1) is 0 Å². The van der Waals surface area contributed by atoms with E-state index >= 15 is 0 Å². The van der Waals surface area contributed by atoms with Crippen LogP contribution in [0.15, 0.2) is 24.4 Å². The first-order valence-electron chi connectivity index (χ1n) is 6.06. The zero-order chi connectivity index (χ0) is 15.6. The fourth-order valence-corrected chi connectivity index (χ4v) is 2.36. The molecule has 0 saturated heterocycles. The zero-order valence-corrected chi connectivity index (χ0v) is 12.1. The molecule has 0 aliphatic heterocycles. The summed E-state index contributed by atoms with van der Waals surface area (Å²) in [6.07, 6.45) is 1.44. The molecule has 0 bridgehead atoms. The second-order valence-electron chi connectivity index (χ2n) is 4.55. The average molecular weight is 310 g/mol. The van der Waals surface area contributed by atoms with Crippen LogP contribution < -0.4 is 10.5 Å². The summed E-state index contributed by atoms with van der Waals surface area (Å²) in [5.74, 6) is -0.227. The minimum atomic E-state index is -3.56. The molecule has 0 unspecified atom stereocenters. The lowest BCUT2D eigenvalue weighted by Crippen LogP contribution is -2.22. The lowest BCUT2D eigenvalue weighted by molar-refractivity contribution is -0.383. The maximum absolute atomic E-state index is 11.0. The van der Waals surface area contributed by atoms with Gasteiger partial charge in [-0.2, -0.15) is 0 Å². The van der Waals surface area contributed by atoms with Crippen molar-refractivity contribution in [1.82, 2.24) is 4.98 Å². The number of hydrogen-bond acceptors (Lipinski definition) is 6. The van der Waals surface area contributed by atoms with Crippen molar-refractivity contribution in [1.29, 1.82) is 0 Å². The monoisotopic (exact) mass is 310 g/mol. The normalized spacial score (nSPS) is 11.5. The van der Waals surface area contributed by atoms with Gasteiger partial charge in [-0.05, 0) is 19.1 Å². The molecule has 0 radical (unpaired) electrons. The van der Waals surface area contributed by atoms with Crippen LogP contribution in [0.4, 0.5) is 11.4 Å². The van der Waals surface area contributed by atoms with E-state index in [1.807, 2.05) is 0 Å². The van der Waals surface area contributed by atoms with Gasteiger partial charge in [0.1, 0.15) is 0 Å². The number of non-ortho nitro benzene ring substituents is 1. The third-order valence-electron chi connectivity index (χ3n) is 2.91. The second-order valence-corrected chi connectivity index (χ2v) is 6.29. The Balaban J connectivity index is 2.43. The van der Waals surface area contributed by atoms with Crippen LogP contribution in [0, 0.1) is 17.0 Å². The van der Waals surface area contributed by atoms with Gasteiger partial charge in [-0.1, -0.05) is 0 Å². The summed E-state index contributed by atoms with van der Waals surface area (Å²) in [4.78, 5) is 14.6. The molecule has 8 nitrogen and oxygen atoms in total. The number of rotatable bonds is 5. The third kappa shape index (κ3) is 3.64. The van der Waals surface area contributed by atoms with Crippen molar-refractivity contribution in [3.05, 3.63) is 40.2 Å². The number of sulfonamides is 1. The van der Waals surface area contributed by atoms with Gasteiger partial charge in [0, 0.05) is 35.6 Å². The number of fused-ring (bicyclic) bond motifs is 1. The topological polar surface area (TPSA) is 128 Å². The molecule has 2 rings (SSSR count). The first-order valence-corrected chi connectivity index (χ1v) is 7.77. The number of nitro groups is 1. The summed E-state index contributed by atoms with van der Waals surface area (Å²) < 4.78 is 21.8. The van der Waals surface area contributed by atoms with Crippen molar-refractivity contribution in [2.24, 2.45) is 5.14 Å². The molecule has 0 fully saturated rings. The van der Waals surface area contributed by atoms with E-state index in [0.29, 0.717) is 22.2 Å². The highest BCUT2D eigenvalue weighted by atomic mass is 32.2. The molecule has 0 saturated carbocycles. The van der Waals surface area contributed by atoms with E-state index in [0.717, 1.165) is 0 Å². The number of benzene rings is 1. The Morgan fingerprint density at radius 2 is 2.10 bits per heavy atom. The quantitative estimate of drug-likeness (QED) is 0.629. The fraction of sp³-hybridized carbons (Fsp3) is 0.250. The molecule has 0 amide bonds. The number of nitrogens with two attached hydrogens (primary N) is 1. The van der Waals surface area contributed by atoms with E-state index in [9.17, 15) is 18.5 Å². The number of primary sulfonamides is 1. The number of hydrogen-bond donors (Lipinski definition) is 2. The number of aryl methyl sites for hydroxylation is 1. The Hall–Kier alpha value is -2.26. The first kappa shape index (κ1) is 15.1. The van der Waals surface area contributed by atoms with Crippen molar-refractivity contribution in [2.45, 2.75) is 6.92 Å². The molecule has 112 valence electrons. The second kappa shape index (κ2) is 5.62.